The molecule has 4 heteroatoms. The first-order valence-corrected chi connectivity index (χ1v) is 8.71. The van der Waals surface area contributed by atoms with Crippen LogP contribution >= 0.6 is 0 Å². The van der Waals surface area contributed by atoms with Gasteiger partial charge in [-0.2, -0.15) is 0 Å². The molecule has 0 amide bonds. The zero-order chi connectivity index (χ0) is 14.3. The molecule has 3 aliphatic rings. The molecule has 2 fully saturated rings. The molecule has 1 spiro atoms. The molecule has 1 aromatic heterocycles. The largest absolute Gasteiger partial charge is 0.333 e. The average Bonchev–Trinajstić information content (AvgIpc) is 3.17. The Labute approximate surface area is 127 Å². The van der Waals surface area contributed by atoms with Crippen molar-refractivity contribution in [1.29, 1.82) is 0 Å². The summed E-state index contributed by atoms with van der Waals surface area (Å²) < 4.78 is 2.29. The van der Waals surface area contributed by atoms with E-state index in [2.05, 4.69) is 20.6 Å². The summed E-state index contributed by atoms with van der Waals surface area (Å²) in [7, 11) is 0. The number of fused-ring (bicyclic) bond motifs is 1. The van der Waals surface area contributed by atoms with Gasteiger partial charge < -0.3 is 10.3 Å². The van der Waals surface area contributed by atoms with Crippen molar-refractivity contribution in [2.75, 3.05) is 13.1 Å². The van der Waals surface area contributed by atoms with Gasteiger partial charge in [0.25, 0.3) is 0 Å². The fourth-order valence-electron chi connectivity index (χ4n) is 5.10. The first-order valence-electron chi connectivity index (χ1n) is 8.71. The quantitative estimate of drug-likeness (QED) is 0.909. The Hall–Kier alpha value is -0.870. The standard InChI is InChI=1S/C17H28N4/c18-14-17(7-5-16(6-8-17)3-1-2-4-16)21-12-11-20-10-9-19-15(20)13-21/h9-10H,1-8,11-14,18H2. The van der Waals surface area contributed by atoms with Crippen molar-refractivity contribution in [3.05, 3.63) is 18.2 Å². The van der Waals surface area contributed by atoms with Gasteiger partial charge in [0, 0.05) is 37.6 Å². The van der Waals surface area contributed by atoms with Crippen LogP contribution in [0.25, 0.3) is 0 Å². The lowest BCUT2D eigenvalue weighted by Gasteiger charge is -2.51. The highest BCUT2D eigenvalue weighted by molar-refractivity contribution is 5.05. The van der Waals surface area contributed by atoms with Crippen LogP contribution in [0.4, 0.5) is 0 Å². The molecule has 4 rings (SSSR count). The maximum atomic E-state index is 6.28. The van der Waals surface area contributed by atoms with Gasteiger partial charge in [-0.3, -0.25) is 4.90 Å². The maximum absolute atomic E-state index is 6.28. The van der Waals surface area contributed by atoms with E-state index < -0.39 is 0 Å². The van der Waals surface area contributed by atoms with Gasteiger partial charge in [0.1, 0.15) is 5.82 Å². The molecule has 116 valence electrons. The number of imidazole rings is 1. The predicted molar refractivity (Wildman–Crippen MR) is 83.8 cm³/mol. The summed E-state index contributed by atoms with van der Waals surface area (Å²) in [6.07, 6.45) is 15.3. The van der Waals surface area contributed by atoms with Crippen LogP contribution in [0.5, 0.6) is 0 Å². The van der Waals surface area contributed by atoms with Crippen molar-refractivity contribution < 1.29 is 0 Å². The van der Waals surface area contributed by atoms with Crippen LogP contribution in [-0.2, 0) is 13.1 Å². The normalized spacial score (nSPS) is 27.9. The number of hydrogen-bond acceptors (Lipinski definition) is 3. The van der Waals surface area contributed by atoms with Gasteiger partial charge >= 0.3 is 0 Å². The number of nitrogens with zero attached hydrogens (tertiary/aromatic N) is 3. The molecule has 2 aliphatic carbocycles. The number of aromatic nitrogens is 2. The lowest BCUT2D eigenvalue weighted by Crippen LogP contribution is -2.58. The number of rotatable bonds is 2. The molecule has 0 atom stereocenters. The molecule has 1 aliphatic heterocycles. The molecule has 4 nitrogen and oxygen atoms in total. The van der Waals surface area contributed by atoms with E-state index in [1.54, 1.807) is 0 Å². The third-order valence-corrected chi connectivity index (χ3v) is 6.70. The van der Waals surface area contributed by atoms with E-state index in [0.29, 0.717) is 5.41 Å². The van der Waals surface area contributed by atoms with Crippen molar-refractivity contribution in [1.82, 2.24) is 14.5 Å². The minimum atomic E-state index is 0.241. The Morgan fingerprint density at radius 1 is 1.05 bits per heavy atom. The molecule has 1 aromatic rings. The van der Waals surface area contributed by atoms with E-state index in [1.807, 2.05) is 6.20 Å². The van der Waals surface area contributed by atoms with Crippen LogP contribution in [-0.4, -0.2) is 33.1 Å². The van der Waals surface area contributed by atoms with Crippen LogP contribution in [0, 0.1) is 5.41 Å². The second-order valence-corrected chi connectivity index (χ2v) is 7.59. The Balaban J connectivity index is 1.50. The Kier molecular flexibility index (Phi) is 3.34. The molecular formula is C17H28N4. The molecule has 0 aromatic carbocycles. The van der Waals surface area contributed by atoms with Crippen molar-refractivity contribution in [2.45, 2.75) is 70.0 Å². The number of hydrogen-bond donors (Lipinski definition) is 1. The van der Waals surface area contributed by atoms with Crippen molar-refractivity contribution >= 4 is 0 Å². The molecule has 2 heterocycles. The minimum absolute atomic E-state index is 0.241. The van der Waals surface area contributed by atoms with Crippen molar-refractivity contribution in [3.8, 4) is 0 Å². The second kappa shape index (κ2) is 5.10. The van der Waals surface area contributed by atoms with Gasteiger partial charge in [-0.05, 0) is 43.9 Å². The van der Waals surface area contributed by atoms with Gasteiger partial charge in [0.05, 0.1) is 6.54 Å². The first-order chi connectivity index (χ1) is 10.3. The summed E-state index contributed by atoms with van der Waals surface area (Å²) in [6.45, 7) is 4.00. The number of nitrogens with two attached hydrogens (primary N) is 1. The van der Waals surface area contributed by atoms with Gasteiger partial charge in [0.2, 0.25) is 0 Å². The monoisotopic (exact) mass is 288 g/mol. The van der Waals surface area contributed by atoms with Gasteiger partial charge in [-0.25, -0.2) is 4.98 Å². The highest BCUT2D eigenvalue weighted by atomic mass is 15.3. The summed E-state index contributed by atoms with van der Waals surface area (Å²) in [5.41, 5.74) is 7.21. The van der Waals surface area contributed by atoms with Crippen LogP contribution < -0.4 is 5.73 Å². The summed E-state index contributed by atoms with van der Waals surface area (Å²) in [5.74, 6) is 1.22. The third kappa shape index (κ3) is 2.23. The summed E-state index contributed by atoms with van der Waals surface area (Å²) in [5, 5.41) is 0. The fraction of sp³-hybridized carbons (Fsp3) is 0.824. The SMILES string of the molecule is NCC1(N2CCn3ccnc3C2)CCC2(CCCC2)CC1. The fourth-order valence-corrected chi connectivity index (χ4v) is 5.10. The van der Waals surface area contributed by atoms with E-state index >= 15 is 0 Å². The second-order valence-electron chi connectivity index (χ2n) is 7.59. The Bertz CT molecular complexity index is 491. The van der Waals surface area contributed by atoms with E-state index in [-0.39, 0.29) is 5.54 Å². The topological polar surface area (TPSA) is 47.1 Å². The molecule has 0 saturated heterocycles. The predicted octanol–water partition coefficient (Wildman–Crippen LogP) is 2.53. The summed E-state index contributed by atoms with van der Waals surface area (Å²) in [6, 6.07) is 0. The van der Waals surface area contributed by atoms with Crippen LogP contribution in [0.2, 0.25) is 0 Å². The average molecular weight is 288 g/mol. The van der Waals surface area contributed by atoms with E-state index in [0.717, 1.165) is 26.2 Å². The molecule has 0 unspecified atom stereocenters. The molecule has 2 N–H and O–H groups in total. The maximum Gasteiger partial charge on any atom is 0.122 e. The molecule has 0 radical (unpaired) electrons. The van der Waals surface area contributed by atoms with E-state index in [4.69, 9.17) is 5.73 Å². The summed E-state index contributed by atoms with van der Waals surface area (Å²) in [4.78, 5) is 7.17. The zero-order valence-electron chi connectivity index (χ0n) is 13.1. The van der Waals surface area contributed by atoms with Crippen LogP contribution in [0.3, 0.4) is 0 Å². The Morgan fingerprint density at radius 3 is 2.52 bits per heavy atom. The molecular weight excluding hydrogens is 260 g/mol. The zero-order valence-corrected chi connectivity index (χ0v) is 13.1. The highest BCUT2D eigenvalue weighted by Gasteiger charge is 2.46. The lowest BCUT2D eigenvalue weighted by atomic mass is 9.65. The van der Waals surface area contributed by atoms with E-state index in [1.165, 1.54) is 57.2 Å². The molecule has 2 saturated carbocycles. The molecule has 0 bridgehead atoms. The first kappa shape index (κ1) is 13.8. The van der Waals surface area contributed by atoms with Crippen molar-refractivity contribution in [2.24, 2.45) is 11.1 Å². The smallest absolute Gasteiger partial charge is 0.122 e. The van der Waals surface area contributed by atoms with Gasteiger partial charge in [-0.15, -0.1) is 0 Å². The minimum Gasteiger partial charge on any atom is -0.333 e. The van der Waals surface area contributed by atoms with Crippen LogP contribution in [0.15, 0.2) is 12.4 Å². The Morgan fingerprint density at radius 2 is 1.81 bits per heavy atom. The lowest BCUT2D eigenvalue weighted by molar-refractivity contribution is -0.00349. The van der Waals surface area contributed by atoms with E-state index in [9.17, 15) is 0 Å². The van der Waals surface area contributed by atoms with Gasteiger partial charge in [0.15, 0.2) is 0 Å². The van der Waals surface area contributed by atoms with Gasteiger partial charge in [-0.1, -0.05) is 12.8 Å². The van der Waals surface area contributed by atoms with Crippen molar-refractivity contribution in [3.63, 3.8) is 0 Å². The summed E-state index contributed by atoms with van der Waals surface area (Å²) >= 11 is 0. The van der Waals surface area contributed by atoms with Crippen LogP contribution in [0.1, 0.15) is 57.2 Å². The third-order valence-electron chi connectivity index (χ3n) is 6.70. The molecule has 21 heavy (non-hydrogen) atoms. The highest BCUT2D eigenvalue weighted by Crippen LogP contribution is 2.52.